The van der Waals surface area contributed by atoms with Crippen LogP contribution in [0.25, 0.3) is 0 Å². The molecule has 1 aliphatic heterocycles. The molecule has 1 aliphatic rings. The maximum absolute atomic E-state index is 10.4. The summed E-state index contributed by atoms with van der Waals surface area (Å²) in [6.45, 7) is 3.91. The standard InChI is InChI=1S/C5H7NO2/c1-2-4(7)6-5-3-8-5/h2,5H,1,3H2,(H,6,7). The fraction of sp³-hybridized carbons (Fsp3) is 0.400. The highest BCUT2D eigenvalue weighted by atomic mass is 16.6. The normalized spacial score (nSPS) is 24.2. The van der Waals surface area contributed by atoms with Crippen molar-refractivity contribution in [3.63, 3.8) is 0 Å². The second-order valence-electron chi connectivity index (χ2n) is 1.53. The van der Waals surface area contributed by atoms with Gasteiger partial charge in [0.15, 0.2) is 6.23 Å². The number of carbonyl (C=O) groups is 1. The summed E-state index contributed by atoms with van der Waals surface area (Å²) in [4.78, 5) is 10.4. The molecule has 1 fully saturated rings. The summed E-state index contributed by atoms with van der Waals surface area (Å²) in [5, 5.41) is 2.52. The van der Waals surface area contributed by atoms with Gasteiger partial charge in [-0.15, -0.1) is 0 Å². The molecule has 0 saturated carbocycles. The average Bonchev–Trinajstić information content (AvgIpc) is 2.50. The third-order valence-corrected chi connectivity index (χ3v) is 0.822. The Hall–Kier alpha value is -0.830. The van der Waals surface area contributed by atoms with Crippen molar-refractivity contribution >= 4 is 5.91 Å². The fourth-order valence-corrected chi connectivity index (χ4v) is 0.349. The van der Waals surface area contributed by atoms with E-state index in [-0.39, 0.29) is 12.1 Å². The van der Waals surface area contributed by atoms with Crippen LogP contribution >= 0.6 is 0 Å². The van der Waals surface area contributed by atoms with Gasteiger partial charge in [-0.1, -0.05) is 6.58 Å². The summed E-state index contributed by atoms with van der Waals surface area (Å²) in [6, 6.07) is 0. The molecule has 44 valence electrons. The molecule has 0 bridgehead atoms. The highest BCUT2D eigenvalue weighted by molar-refractivity contribution is 5.87. The van der Waals surface area contributed by atoms with Crippen molar-refractivity contribution < 1.29 is 9.53 Å². The Morgan fingerprint density at radius 2 is 2.62 bits per heavy atom. The second kappa shape index (κ2) is 1.96. The molecule has 3 nitrogen and oxygen atoms in total. The third kappa shape index (κ3) is 1.35. The number of nitrogens with one attached hydrogen (secondary N) is 1. The molecule has 8 heavy (non-hydrogen) atoms. The van der Waals surface area contributed by atoms with E-state index in [9.17, 15) is 4.79 Å². The molecular formula is C5H7NO2. The van der Waals surface area contributed by atoms with Crippen molar-refractivity contribution in [2.75, 3.05) is 6.61 Å². The Morgan fingerprint density at radius 3 is 3.00 bits per heavy atom. The van der Waals surface area contributed by atoms with Crippen molar-refractivity contribution in [2.24, 2.45) is 0 Å². The van der Waals surface area contributed by atoms with Crippen LogP contribution in [0.3, 0.4) is 0 Å². The van der Waals surface area contributed by atoms with Crippen LogP contribution in [-0.2, 0) is 9.53 Å². The minimum Gasteiger partial charge on any atom is -0.351 e. The molecule has 0 aliphatic carbocycles. The van der Waals surface area contributed by atoms with Gasteiger partial charge in [-0.3, -0.25) is 4.79 Å². The van der Waals surface area contributed by atoms with E-state index in [1.165, 1.54) is 6.08 Å². The summed E-state index contributed by atoms with van der Waals surface area (Å²) >= 11 is 0. The molecule has 0 radical (unpaired) electrons. The van der Waals surface area contributed by atoms with Gasteiger partial charge in [-0.2, -0.15) is 0 Å². The number of epoxide rings is 1. The molecule has 0 spiro atoms. The minimum absolute atomic E-state index is 0.0412. The van der Waals surface area contributed by atoms with E-state index >= 15 is 0 Å². The largest absolute Gasteiger partial charge is 0.351 e. The van der Waals surface area contributed by atoms with E-state index in [0.29, 0.717) is 6.61 Å². The smallest absolute Gasteiger partial charge is 0.245 e. The molecule has 0 aromatic rings. The van der Waals surface area contributed by atoms with Crippen LogP contribution in [0.4, 0.5) is 0 Å². The van der Waals surface area contributed by atoms with Crippen LogP contribution in [0.5, 0.6) is 0 Å². The highest BCUT2D eigenvalue weighted by Gasteiger charge is 2.22. The van der Waals surface area contributed by atoms with E-state index in [2.05, 4.69) is 11.9 Å². The first-order chi connectivity index (χ1) is 3.83. The predicted molar refractivity (Wildman–Crippen MR) is 28.1 cm³/mol. The van der Waals surface area contributed by atoms with Gasteiger partial charge in [0.1, 0.15) is 0 Å². The summed E-state index contributed by atoms with van der Waals surface area (Å²) in [6.07, 6.45) is 1.18. The average molecular weight is 113 g/mol. The van der Waals surface area contributed by atoms with Gasteiger partial charge >= 0.3 is 0 Å². The lowest BCUT2D eigenvalue weighted by atomic mass is 10.6. The van der Waals surface area contributed by atoms with Crippen LogP contribution in [-0.4, -0.2) is 18.7 Å². The summed E-state index contributed by atoms with van der Waals surface area (Å²) in [5.41, 5.74) is 0. The minimum atomic E-state index is -0.174. The number of hydrogen-bond acceptors (Lipinski definition) is 2. The molecule has 1 rings (SSSR count). The monoisotopic (exact) mass is 113 g/mol. The predicted octanol–water partition coefficient (Wildman–Crippen LogP) is -0.355. The summed E-state index contributed by atoms with van der Waals surface area (Å²) in [5.74, 6) is -0.174. The molecule has 0 aromatic heterocycles. The van der Waals surface area contributed by atoms with Crippen molar-refractivity contribution in [1.82, 2.24) is 5.32 Å². The van der Waals surface area contributed by atoms with E-state index < -0.39 is 0 Å². The molecule has 1 unspecified atom stereocenters. The van der Waals surface area contributed by atoms with Crippen molar-refractivity contribution in [3.8, 4) is 0 Å². The zero-order valence-electron chi connectivity index (χ0n) is 4.39. The molecule has 1 saturated heterocycles. The molecule has 0 aromatic carbocycles. The van der Waals surface area contributed by atoms with E-state index in [4.69, 9.17) is 4.74 Å². The molecular weight excluding hydrogens is 106 g/mol. The number of amides is 1. The first-order valence-electron chi connectivity index (χ1n) is 2.37. The van der Waals surface area contributed by atoms with Crippen LogP contribution in [0.2, 0.25) is 0 Å². The first-order valence-corrected chi connectivity index (χ1v) is 2.37. The van der Waals surface area contributed by atoms with Crippen molar-refractivity contribution in [2.45, 2.75) is 6.23 Å². The quantitative estimate of drug-likeness (QED) is 0.392. The SMILES string of the molecule is C=CC(=O)NC1CO1. The molecule has 1 N–H and O–H groups in total. The van der Waals surface area contributed by atoms with Gasteiger partial charge < -0.3 is 10.1 Å². The van der Waals surface area contributed by atoms with E-state index in [0.717, 1.165) is 0 Å². The van der Waals surface area contributed by atoms with Gasteiger partial charge in [0.05, 0.1) is 6.61 Å². The number of carbonyl (C=O) groups excluding carboxylic acids is 1. The Balaban J connectivity index is 2.16. The summed E-state index contributed by atoms with van der Waals surface area (Å²) in [7, 11) is 0. The van der Waals surface area contributed by atoms with Crippen LogP contribution in [0.1, 0.15) is 0 Å². The van der Waals surface area contributed by atoms with Crippen LogP contribution in [0, 0.1) is 0 Å². The summed E-state index contributed by atoms with van der Waals surface area (Å²) < 4.78 is 4.70. The van der Waals surface area contributed by atoms with Gasteiger partial charge in [-0.25, -0.2) is 0 Å². The number of hydrogen-bond donors (Lipinski definition) is 1. The zero-order valence-corrected chi connectivity index (χ0v) is 4.39. The topological polar surface area (TPSA) is 41.6 Å². The van der Waals surface area contributed by atoms with E-state index in [1.807, 2.05) is 0 Å². The van der Waals surface area contributed by atoms with Crippen molar-refractivity contribution in [3.05, 3.63) is 12.7 Å². The van der Waals surface area contributed by atoms with Crippen LogP contribution in [0.15, 0.2) is 12.7 Å². The fourth-order valence-electron chi connectivity index (χ4n) is 0.349. The molecule has 1 amide bonds. The van der Waals surface area contributed by atoms with Gasteiger partial charge in [0.25, 0.3) is 0 Å². The highest BCUT2D eigenvalue weighted by Crippen LogP contribution is 2.02. The second-order valence-corrected chi connectivity index (χ2v) is 1.53. The Bertz CT molecular complexity index is 118. The van der Waals surface area contributed by atoms with E-state index in [1.54, 1.807) is 0 Å². The lowest BCUT2D eigenvalue weighted by Crippen LogP contribution is -2.23. The third-order valence-electron chi connectivity index (χ3n) is 0.822. The zero-order chi connectivity index (χ0) is 5.98. The van der Waals surface area contributed by atoms with Gasteiger partial charge in [0, 0.05) is 0 Å². The Labute approximate surface area is 47.3 Å². The first kappa shape index (κ1) is 5.31. The van der Waals surface area contributed by atoms with Gasteiger partial charge in [0.2, 0.25) is 5.91 Å². The number of rotatable bonds is 2. The lowest BCUT2D eigenvalue weighted by molar-refractivity contribution is -0.117. The number of ether oxygens (including phenoxy) is 1. The molecule has 1 heterocycles. The lowest BCUT2D eigenvalue weighted by Gasteiger charge is -1.90. The van der Waals surface area contributed by atoms with Gasteiger partial charge in [-0.05, 0) is 6.08 Å². The molecule has 3 heteroatoms. The van der Waals surface area contributed by atoms with Crippen LogP contribution < -0.4 is 5.32 Å². The maximum atomic E-state index is 10.4. The Morgan fingerprint density at radius 1 is 2.00 bits per heavy atom. The maximum Gasteiger partial charge on any atom is 0.245 e. The molecule has 1 atom stereocenters. The Kier molecular flexibility index (Phi) is 1.30. The van der Waals surface area contributed by atoms with Crippen molar-refractivity contribution in [1.29, 1.82) is 0 Å².